The maximum Gasteiger partial charge on any atom is 0.263 e. The molecule has 36 heavy (non-hydrogen) atoms. The maximum atomic E-state index is 12.8. The van der Waals surface area contributed by atoms with Crippen molar-refractivity contribution in [3.8, 4) is 11.8 Å². The van der Waals surface area contributed by atoms with Crippen LogP contribution >= 0.6 is 0 Å². The van der Waals surface area contributed by atoms with Crippen molar-refractivity contribution in [2.24, 2.45) is 10.9 Å². The van der Waals surface area contributed by atoms with Gasteiger partial charge in [-0.1, -0.05) is 48.6 Å². The minimum atomic E-state index is -3.72. The number of nitrogens with one attached hydrogen (secondary N) is 2. The molecule has 9 heteroatoms. The van der Waals surface area contributed by atoms with Crippen molar-refractivity contribution < 1.29 is 18.3 Å². The van der Waals surface area contributed by atoms with Gasteiger partial charge in [0.1, 0.15) is 23.4 Å². The third kappa shape index (κ3) is 6.92. The molecule has 2 unspecified atom stereocenters. The van der Waals surface area contributed by atoms with E-state index in [1.54, 1.807) is 42.5 Å². The topological polar surface area (TPSA) is 124 Å². The number of benzene rings is 2. The van der Waals surface area contributed by atoms with E-state index in [0.717, 1.165) is 5.56 Å². The Balaban J connectivity index is 1.19. The van der Waals surface area contributed by atoms with Crippen LogP contribution in [0.4, 0.5) is 5.69 Å². The number of nitriles is 1. The van der Waals surface area contributed by atoms with Crippen LogP contribution < -0.4 is 14.8 Å². The molecule has 2 aromatic carbocycles. The molecule has 2 aromatic rings. The molecule has 0 radical (unpaired) electrons. The summed E-state index contributed by atoms with van der Waals surface area (Å²) in [7, 11) is -3.72. The lowest BCUT2D eigenvalue weighted by Crippen LogP contribution is -2.32. The summed E-state index contributed by atoms with van der Waals surface area (Å²) in [6.07, 6.45) is 10.9. The van der Waals surface area contributed by atoms with Crippen molar-refractivity contribution in [3.63, 3.8) is 0 Å². The first-order valence-electron chi connectivity index (χ1n) is 11.7. The molecule has 1 aliphatic heterocycles. The van der Waals surface area contributed by atoms with E-state index in [1.807, 2.05) is 36.4 Å². The molecule has 0 fully saturated rings. The molecule has 0 saturated carbocycles. The highest BCUT2D eigenvalue weighted by Gasteiger charge is 2.25. The van der Waals surface area contributed by atoms with Crippen LogP contribution in [0.1, 0.15) is 11.1 Å². The van der Waals surface area contributed by atoms with E-state index in [0.29, 0.717) is 36.5 Å². The van der Waals surface area contributed by atoms with Gasteiger partial charge in [-0.25, -0.2) is 8.42 Å². The molecule has 0 aromatic heterocycles. The number of sulfonamides is 1. The molecule has 0 bridgehead atoms. The van der Waals surface area contributed by atoms with E-state index in [1.165, 1.54) is 6.21 Å². The van der Waals surface area contributed by atoms with E-state index in [-0.39, 0.29) is 23.5 Å². The quantitative estimate of drug-likeness (QED) is 0.404. The van der Waals surface area contributed by atoms with Crippen LogP contribution in [0.15, 0.2) is 88.8 Å². The Bertz CT molecular complexity index is 1320. The van der Waals surface area contributed by atoms with Crippen LogP contribution in [0.25, 0.3) is 0 Å². The number of fused-ring (bicyclic) bond motifs is 1. The minimum Gasteiger partial charge on any atom is -0.491 e. The molecule has 8 nitrogen and oxygen atoms in total. The normalized spacial score (nSPS) is 19.2. The van der Waals surface area contributed by atoms with Crippen LogP contribution in [0, 0.1) is 17.2 Å². The maximum absolute atomic E-state index is 12.8. The van der Waals surface area contributed by atoms with Crippen LogP contribution in [0.2, 0.25) is 0 Å². The largest absolute Gasteiger partial charge is 0.491 e. The standard InChI is InChI=1S/C27H28N4O4S/c28-16-21-4-3-6-25(14-21)35-19-24(32)17-29-13-12-20-8-10-23(11-9-20)31-36(33,34)26-15-22-5-1-2-7-27(22)30-18-26/h1-11,14-15,18,22,24,27,29,31-32H,12-13,17,19H2/t22?,24-,27?/m0/s1. The third-order valence-electron chi connectivity index (χ3n) is 5.77. The fourth-order valence-corrected chi connectivity index (χ4v) is 4.93. The Hall–Kier alpha value is -3.71. The fourth-order valence-electron chi connectivity index (χ4n) is 3.83. The molecule has 3 atom stereocenters. The average molecular weight is 505 g/mol. The van der Waals surface area contributed by atoms with Crippen molar-refractivity contribution in [2.45, 2.75) is 18.6 Å². The second-order valence-corrected chi connectivity index (χ2v) is 10.2. The zero-order valence-electron chi connectivity index (χ0n) is 19.6. The molecular formula is C27H28N4O4S. The number of allylic oxidation sites excluding steroid dienone is 3. The summed E-state index contributed by atoms with van der Waals surface area (Å²) in [4.78, 5) is 4.51. The molecule has 0 saturated heterocycles. The molecule has 0 spiro atoms. The van der Waals surface area contributed by atoms with Crippen molar-refractivity contribution in [1.29, 1.82) is 5.26 Å². The molecule has 3 N–H and O–H groups in total. The summed E-state index contributed by atoms with van der Waals surface area (Å²) < 4.78 is 33.7. The van der Waals surface area contributed by atoms with Crippen LogP contribution in [-0.2, 0) is 16.4 Å². The van der Waals surface area contributed by atoms with E-state index in [2.05, 4.69) is 21.1 Å². The molecule has 2 aliphatic rings. The summed E-state index contributed by atoms with van der Waals surface area (Å²) in [6.45, 7) is 1.12. The van der Waals surface area contributed by atoms with E-state index in [9.17, 15) is 13.5 Å². The van der Waals surface area contributed by atoms with Gasteiger partial charge in [-0.15, -0.1) is 0 Å². The highest BCUT2D eigenvalue weighted by atomic mass is 32.2. The number of hydrogen-bond acceptors (Lipinski definition) is 7. The molecular weight excluding hydrogens is 476 g/mol. The van der Waals surface area contributed by atoms with Gasteiger partial charge in [-0.05, 0) is 48.9 Å². The monoisotopic (exact) mass is 504 g/mol. The van der Waals surface area contributed by atoms with E-state index in [4.69, 9.17) is 10.00 Å². The Morgan fingerprint density at radius 1 is 1.14 bits per heavy atom. The number of aliphatic hydroxyl groups excluding tert-OH is 1. The summed E-state index contributed by atoms with van der Waals surface area (Å²) in [5.41, 5.74) is 2.02. The summed E-state index contributed by atoms with van der Waals surface area (Å²) in [6, 6.07) is 16.0. The van der Waals surface area contributed by atoms with Crippen molar-refractivity contribution in [3.05, 3.63) is 94.9 Å². The van der Waals surface area contributed by atoms with Crippen molar-refractivity contribution in [2.75, 3.05) is 24.4 Å². The van der Waals surface area contributed by atoms with E-state index >= 15 is 0 Å². The van der Waals surface area contributed by atoms with Crippen LogP contribution in [0.5, 0.6) is 5.75 Å². The second kappa shape index (κ2) is 11.8. The number of anilines is 1. The van der Waals surface area contributed by atoms with E-state index < -0.39 is 16.1 Å². The zero-order chi connectivity index (χ0) is 25.4. The summed E-state index contributed by atoms with van der Waals surface area (Å²) >= 11 is 0. The van der Waals surface area contributed by atoms with Gasteiger partial charge in [0, 0.05) is 24.4 Å². The number of dihydropyridines is 1. The lowest BCUT2D eigenvalue weighted by Gasteiger charge is -2.22. The van der Waals surface area contributed by atoms with Gasteiger partial charge in [-0.3, -0.25) is 9.71 Å². The predicted molar refractivity (Wildman–Crippen MR) is 140 cm³/mol. The predicted octanol–water partition coefficient (Wildman–Crippen LogP) is 2.95. The third-order valence-corrected chi connectivity index (χ3v) is 7.14. The Kier molecular flexibility index (Phi) is 8.33. The molecule has 1 aliphatic carbocycles. The van der Waals surface area contributed by atoms with Gasteiger partial charge in [0.05, 0.1) is 17.7 Å². The van der Waals surface area contributed by atoms with Gasteiger partial charge in [0.15, 0.2) is 0 Å². The number of aliphatic hydroxyl groups is 1. The SMILES string of the molecule is N#Cc1cccc(OC[C@@H](O)CNCCc2ccc(NS(=O)(=O)C3=CC4C=CC=CC4N=C3)cc2)c1. The fraction of sp³-hybridized carbons (Fsp3) is 0.259. The smallest absolute Gasteiger partial charge is 0.263 e. The zero-order valence-corrected chi connectivity index (χ0v) is 20.4. The number of hydrogen-bond donors (Lipinski definition) is 3. The Labute approximate surface area is 211 Å². The lowest BCUT2D eigenvalue weighted by atomic mass is 9.94. The molecule has 0 amide bonds. The van der Waals surface area contributed by atoms with Gasteiger partial charge in [0.2, 0.25) is 0 Å². The highest BCUT2D eigenvalue weighted by Crippen LogP contribution is 2.25. The highest BCUT2D eigenvalue weighted by molar-refractivity contribution is 7.97. The van der Waals surface area contributed by atoms with Gasteiger partial charge >= 0.3 is 0 Å². The van der Waals surface area contributed by atoms with Crippen molar-refractivity contribution >= 4 is 21.9 Å². The van der Waals surface area contributed by atoms with Gasteiger partial charge in [0.25, 0.3) is 10.0 Å². The first-order chi connectivity index (χ1) is 17.4. The first kappa shape index (κ1) is 25.4. The Morgan fingerprint density at radius 3 is 2.75 bits per heavy atom. The average Bonchev–Trinajstić information content (AvgIpc) is 2.90. The van der Waals surface area contributed by atoms with Crippen LogP contribution in [-0.4, -0.2) is 51.6 Å². The second-order valence-electron chi connectivity index (χ2n) is 8.55. The molecule has 186 valence electrons. The summed E-state index contributed by atoms with van der Waals surface area (Å²) in [5.74, 6) is 0.490. The number of ether oxygens (including phenoxy) is 1. The number of aliphatic imine (C=N–C) groups is 1. The van der Waals surface area contributed by atoms with Gasteiger partial charge < -0.3 is 15.2 Å². The molecule has 4 rings (SSSR count). The number of nitrogens with zero attached hydrogens (tertiary/aromatic N) is 2. The first-order valence-corrected chi connectivity index (χ1v) is 13.1. The van der Waals surface area contributed by atoms with Crippen LogP contribution in [0.3, 0.4) is 0 Å². The molecule has 1 heterocycles. The minimum absolute atomic E-state index is 0.0445. The Morgan fingerprint density at radius 2 is 1.94 bits per heavy atom. The lowest BCUT2D eigenvalue weighted by molar-refractivity contribution is 0.106. The number of rotatable bonds is 11. The van der Waals surface area contributed by atoms with Crippen molar-refractivity contribution in [1.82, 2.24) is 5.32 Å². The summed E-state index contributed by atoms with van der Waals surface area (Å²) in [5, 5.41) is 22.2. The van der Waals surface area contributed by atoms with Gasteiger partial charge in [-0.2, -0.15) is 5.26 Å².